The summed E-state index contributed by atoms with van der Waals surface area (Å²) in [5, 5.41) is 14.8. The number of hydrogen-bond donors (Lipinski definition) is 1. The fourth-order valence-electron chi connectivity index (χ4n) is 3.06. The summed E-state index contributed by atoms with van der Waals surface area (Å²) in [6.45, 7) is 1.84. The summed E-state index contributed by atoms with van der Waals surface area (Å²) in [5.74, 6) is 0.274. The molecule has 0 radical (unpaired) electrons. The third-order valence-electron chi connectivity index (χ3n) is 4.59. The number of aryl methyl sites for hydroxylation is 1. The number of hydrogen-bond acceptors (Lipinski definition) is 6. The van der Waals surface area contributed by atoms with Crippen molar-refractivity contribution in [1.29, 1.82) is 0 Å². The predicted octanol–water partition coefficient (Wildman–Crippen LogP) is 5.53. The van der Waals surface area contributed by atoms with E-state index < -0.39 is 4.92 Å². The average molecular weight is 454 g/mol. The highest BCUT2D eigenvalue weighted by Gasteiger charge is 2.16. The van der Waals surface area contributed by atoms with E-state index >= 15 is 0 Å². The van der Waals surface area contributed by atoms with Gasteiger partial charge in [0.25, 0.3) is 11.6 Å². The molecule has 4 rings (SSSR count). The van der Waals surface area contributed by atoms with Gasteiger partial charge in [-0.15, -0.1) is 11.3 Å². The molecule has 0 bridgehead atoms. The molecule has 1 aliphatic heterocycles. The monoisotopic (exact) mass is 453 g/mol. The molecule has 1 N–H and O–H groups in total. The summed E-state index contributed by atoms with van der Waals surface area (Å²) in [6, 6.07) is 11.7. The standard InChI is InChI=1S/C22H16ClN3O4S/c1-13-20(10-14-3-2-4-18(9-14)26(28)29)31-22(24-13)25-21(27)15-7-8-30-19-6-5-17(23)12-16(19)11-15/h2-9,11-12H,10H2,1H3,(H,24,25,27). The molecule has 0 spiro atoms. The lowest BCUT2D eigenvalue weighted by Crippen LogP contribution is -2.12. The lowest BCUT2D eigenvalue weighted by molar-refractivity contribution is -0.384. The Bertz CT molecular complexity index is 1250. The SMILES string of the molecule is Cc1nc(NC(=O)C2=Cc3cc(Cl)ccc3OC=C2)sc1Cc1cccc([N+](=O)[O-])c1. The third-order valence-corrected chi connectivity index (χ3v) is 5.89. The highest BCUT2D eigenvalue weighted by molar-refractivity contribution is 7.15. The van der Waals surface area contributed by atoms with Gasteiger partial charge < -0.3 is 4.74 Å². The molecule has 0 aliphatic carbocycles. The maximum Gasteiger partial charge on any atom is 0.269 e. The first-order chi connectivity index (χ1) is 14.9. The summed E-state index contributed by atoms with van der Waals surface area (Å²) in [5.41, 5.74) is 2.71. The summed E-state index contributed by atoms with van der Waals surface area (Å²) in [6.07, 6.45) is 5.22. The van der Waals surface area contributed by atoms with Gasteiger partial charge in [-0.25, -0.2) is 4.98 Å². The maximum atomic E-state index is 12.8. The number of ether oxygens (including phenoxy) is 1. The maximum absolute atomic E-state index is 12.8. The van der Waals surface area contributed by atoms with Crippen molar-refractivity contribution in [3.8, 4) is 5.75 Å². The molecule has 31 heavy (non-hydrogen) atoms. The number of nitrogens with zero attached hydrogens (tertiary/aromatic N) is 2. The van der Waals surface area contributed by atoms with Crippen molar-refractivity contribution in [1.82, 2.24) is 4.98 Å². The molecular formula is C22H16ClN3O4S. The molecule has 0 atom stereocenters. The highest BCUT2D eigenvalue weighted by Crippen LogP contribution is 2.30. The molecule has 1 aliphatic rings. The van der Waals surface area contributed by atoms with E-state index in [9.17, 15) is 14.9 Å². The van der Waals surface area contributed by atoms with Crippen LogP contribution in [0.1, 0.15) is 21.7 Å². The summed E-state index contributed by atoms with van der Waals surface area (Å²) in [7, 11) is 0. The van der Waals surface area contributed by atoms with Crippen LogP contribution < -0.4 is 10.1 Å². The smallest absolute Gasteiger partial charge is 0.269 e. The van der Waals surface area contributed by atoms with Crippen LogP contribution >= 0.6 is 22.9 Å². The van der Waals surface area contributed by atoms with Gasteiger partial charge in [0.1, 0.15) is 5.75 Å². The number of nitro benzene ring substituents is 1. The molecule has 0 fully saturated rings. The number of carbonyl (C=O) groups is 1. The van der Waals surface area contributed by atoms with E-state index in [1.807, 2.05) is 13.0 Å². The van der Waals surface area contributed by atoms with Gasteiger partial charge in [-0.3, -0.25) is 20.2 Å². The van der Waals surface area contributed by atoms with Gasteiger partial charge in [0, 0.05) is 39.6 Å². The minimum Gasteiger partial charge on any atom is -0.464 e. The Kier molecular flexibility index (Phi) is 5.83. The number of anilines is 1. The predicted molar refractivity (Wildman–Crippen MR) is 121 cm³/mol. The van der Waals surface area contributed by atoms with Gasteiger partial charge in [0.2, 0.25) is 0 Å². The number of aromatic nitrogens is 1. The molecule has 3 aromatic rings. The van der Waals surface area contributed by atoms with Crippen LogP contribution in [0.5, 0.6) is 5.75 Å². The number of non-ortho nitro benzene ring substituents is 1. The first-order valence-electron chi connectivity index (χ1n) is 9.24. The minimum absolute atomic E-state index is 0.0443. The molecule has 1 aromatic heterocycles. The normalized spacial score (nSPS) is 12.4. The first-order valence-corrected chi connectivity index (χ1v) is 10.4. The van der Waals surface area contributed by atoms with E-state index in [0.29, 0.717) is 33.5 Å². The van der Waals surface area contributed by atoms with Crippen molar-refractivity contribution in [2.24, 2.45) is 0 Å². The second-order valence-electron chi connectivity index (χ2n) is 6.79. The zero-order chi connectivity index (χ0) is 22.0. The van der Waals surface area contributed by atoms with Crippen molar-refractivity contribution in [3.05, 3.63) is 97.2 Å². The summed E-state index contributed by atoms with van der Waals surface area (Å²) >= 11 is 7.39. The fraction of sp³-hybridized carbons (Fsp3) is 0.0909. The Balaban J connectivity index is 1.52. The summed E-state index contributed by atoms with van der Waals surface area (Å²) in [4.78, 5) is 28.7. The van der Waals surface area contributed by atoms with Crippen molar-refractivity contribution in [2.75, 3.05) is 5.32 Å². The fourth-order valence-corrected chi connectivity index (χ4v) is 4.23. The number of halogens is 1. The Labute approximate surface area is 186 Å². The molecular weight excluding hydrogens is 438 g/mol. The van der Waals surface area contributed by atoms with E-state index in [0.717, 1.165) is 16.1 Å². The molecule has 2 aromatic carbocycles. The van der Waals surface area contributed by atoms with Gasteiger partial charge in [0.05, 0.1) is 16.9 Å². The molecule has 2 heterocycles. The van der Waals surface area contributed by atoms with E-state index in [4.69, 9.17) is 16.3 Å². The number of amides is 1. The molecule has 156 valence electrons. The number of carbonyl (C=O) groups excluding carboxylic acids is 1. The first kappa shape index (κ1) is 20.8. The summed E-state index contributed by atoms with van der Waals surface area (Å²) < 4.78 is 5.52. The van der Waals surface area contributed by atoms with Crippen molar-refractivity contribution < 1.29 is 14.5 Å². The molecule has 1 amide bonds. The number of rotatable bonds is 5. The Morgan fingerprint density at radius 3 is 2.94 bits per heavy atom. The molecule has 7 nitrogen and oxygen atoms in total. The van der Waals surface area contributed by atoms with Gasteiger partial charge in [-0.1, -0.05) is 23.7 Å². The third kappa shape index (κ3) is 4.82. The van der Waals surface area contributed by atoms with E-state index in [1.165, 1.54) is 23.7 Å². The Morgan fingerprint density at radius 1 is 1.29 bits per heavy atom. The average Bonchev–Trinajstić information content (AvgIpc) is 2.94. The van der Waals surface area contributed by atoms with Crippen LogP contribution in [0.15, 0.2) is 60.4 Å². The van der Waals surface area contributed by atoms with Crippen LogP contribution in [0.2, 0.25) is 5.02 Å². The largest absolute Gasteiger partial charge is 0.464 e. The van der Waals surface area contributed by atoms with E-state index in [-0.39, 0.29) is 11.6 Å². The molecule has 0 saturated carbocycles. The molecule has 0 unspecified atom stereocenters. The number of thiazole rings is 1. The van der Waals surface area contributed by atoms with Crippen LogP contribution in [0.3, 0.4) is 0 Å². The quantitative estimate of drug-likeness (QED) is 0.404. The molecule has 9 heteroatoms. The van der Waals surface area contributed by atoms with Gasteiger partial charge in [0.15, 0.2) is 5.13 Å². The van der Waals surface area contributed by atoms with Crippen LogP contribution in [0.25, 0.3) is 6.08 Å². The van der Waals surface area contributed by atoms with Crippen molar-refractivity contribution in [2.45, 2.75) is 13.3 Å². The van der Waals surface area contributed by atoms with Crippen molar-refractivity contribution in [3.63, 3.8) is 0 Å². The topological polar surface area (TPSA) is 94.4 Å². The Hall–Kier alpha value is -3.49. The van der Waals surface area contributed by atoms with E-state index in [1.54, 1.807) is 42.5 Å². The number of benzene rings is 2. The highest BCUT2D eigenvalue weighted by atomic mass is 35.5. The second-order valence-corrected chi connectivity index (χ2v) is 8.31. The zero-order valence-corrected chi connectivity index (χ0v) is 17.9. The van der Waals surface area contributed by atoms with Crippen LogP contribution in [0, 0.1) is 17.0 Å². The van der Waals surface area contributed by atoms with Gasteiger partial charge in [-0.05, 0) is 42.8 Å². The minimum atomic E-state index is -0.419. The second kappa shape index (κ2) is 8.71. The van der Waals surface area contributed by atoms with E-state index in [2.05, 4.69) is 10.3 Å². The lowest BCUT2D eigenvalue weighted by atomic mass is 10.1. The number of fused-ring (bicyclic) bond motifs is 1. The zero-order valence-electron chi connectivity index (χ0n) is 16.3. The van der Waals surface area contributed by atoms with Crippen LogP contribution in [-0.2, 0) is 11.2 Å². The Morgan fingerprint density at radius 2 is 2.13 bits per heavy atom. The van der Waals surface area contributed by atoms with Crippen molar-refractivity contribution >= 4 is 45.7 Å². The molecule has 0 saturated heterocycles. The van der Waals surface area contributed by atoms with Crippen LogP contribution in [-0.4, -0.2) is 15.8 Å². The number of nitro groups is 1. The van der Waals surface area contributed by atoms with Gasteiger partial charge >= 0.3 is 0 Å². The lowest BCUT2D eigenvalue weighted by Gasteiger charge is -2.04. The van der Waals surface area contributed by atoms with Gasteiger partial charge in [-0.2, -0.15) is 0 Å². The van der Waals surface area contributed by atoms with Crippen LogP contribution in [0.4, 0.5) is 10.8 Å². The number of nitrogens with one attached hydrogen (secondary N) is 1.